The summed E-state index contributed by atoms with van der Waals surface area (Å²) in [5.74, 6) is 0.208. The lowest BCUT2D eigenvalue weighted by Gasteiger charge is -2.30. The molecule has 0 bridgehead atoms. The third-order valence-electron chi connectivity index (χ3n) is 8.73. The van der Waals surface area contributed by atoms with E-state index in [-0.39, 0.29) is 12.0 Å². The zero-order chi connectivity index (χ0) is 30.2. The maximum absolute atomic E-state index is 6.70. The Labute approximate surface area is 253 Å². The average molecular weight is 564 g/mol. The van der Waals surface area contributed by atoms with Crippen LogP contribution in [0.2, 0.25) is 0 Å². The zero-order valence-corrected chi connectivity index (χ0v) is 25.4. The van der Waals surface area contributed by atoms with E-state index in [0.717, 1.165) is 79.8 Å². The lowest BCUT2D eigenvalue weighted by atomic mass is 9.80. The van der Waals surface area contributed by atoms with Crippen molar-refractivity contribution in [3.05, 3.63) is 138 Å². The lowest BCUT2D eigenvalue weighted by molar-refractivity contribution is 0.559. The number of pyridine rings is 1. The van der Waals surface area contributed by atoms with Crippen LogP contribution >= 0.6 is 0 Å². The first kappa shape index (κ1) is 28.3. The monoisotopic (exact) mass is 563 g/mol. The summed E-state index contributed by atoms with van der Waals surface area (Å²) >= 11 is 0. The van der Waals surface area contributed by atoms with Crippen LogP contribution in [0.25, 0.3) is 33.1 Å². The Morgan fingerprint density at radius 2 is 1.77 bits per heavy atom. The van der Waals surface area contributed by atoms with Crippen LogP contribution in [0.3, 0.4) is 0 Å². The summed E-state index contributed by atoms with van der Waals surface area (Å²) in [6.45, 7) is 18.5. The molecule has 214 valence electrons. The number of allylic oxidation sites excluding steroid dienone is 2. The summed E-state index contributed by atoms with van der Waals surface area (Å²) in [6, 6.07) is 21.5. The van der Waals surface area contributed by atoms with Gasteiger partial charge < -0.3 is 4.42 Å². The highest BCUT2D eigenvalue weighted by Gasteiger charge is 2.29. The first-order valence-electron chi connectivity index (χ1n) is 14.8. The van der Waals surface area contributed by atoms with Gasteiger partial charge in [0.25, 0.3) is 0 Å². The Hall–Kier alpha value is -4.83. The van der Waals surface area contributed by atoms with Crippen molar-refractivity contribution in [2.45, 2.75) is 45.6 Å². The SMILES string of the molecule is C=CC1=NC(C=C)C(CCc2ccc3c(oc4cc(-c5c(C)cc(C)nc5C)ccc43)c2C(C=C)=NC)c2ccccc21. The van der Waals surface area contributed by atoms with Gasteiger partial charge in [-0.15, -0.1) is 6.58 Å². The summed E-state index contributed by atoms with van der Waals surface area (Å²) in [7, 11) is 1.81. The Balaban J connectivity index is 1.45. The second kappa shape index (κ2) is 11.4. The Morgan fingerprint density at radius 3 is 2.49 bits per heavy atom. The number of aromatic nitrogens is 1. The fourth-order valence-electron chi connectivity index (χ4n) is 6.87. The van der Waals surface area contributed by atoms with Gasteiger partial charge in [0.1, 0.15) is 11.2 Å². The number of rotatable bonds is 8. The molecule has 0 N–H and O–H groups in total. The standard InChI is InChI=1S/C39H37N3O/c1-8-33-29-14-12-11-13-28(29)30(34(9-2)42-33)18-15-26-16-20-32-31-19-17-27(37-23(4)21-24(5)41-25(37)6)22-36(31)43-39(32)38(26)35(10-3)40-7/h8-14,16-17,19-22,30,34H,1-3,15,18H2,4-7H3. The highest BCUT2D eigenvalue weighted by Crippen LogP contribution is 2.39. The van der Waals surface area contributed by atoms with E-state index in [0.29, 0.717) is 0 Å². The Bertz CT molecular complexity index is 1960. The van der Waals surface area contributed by atoms with Crippen LogP contribution in [0.15, 0.2) is 113 Å². The molecular formula is C39H37N3O. The molecule has 1 aliphatic rings. The van der Waals surface area contributed by atoms with Gasteiger partial charge in [-0.3, -0.25) is 15.0 Å². The first-order chi connectivity index (χ1) is 20.9. The molecule has 2 aromatic heterocycles. The second-order valence-electron chi connectivity index (χ2n) is 11.3. The molecule has 4 nitrogen and oxygen atoms in total. The predicted molar refractivity (Wildman–Crippen MR) is 182 cm³/mol. The largest absolute Gasteiger partial charge is 0.455 e. The molecule has 5 aromatic rings. The van der Waals surface area contributed by atoms with Crippen molar-refractivity contribution in [1.82, 2.24) is 4.98 Å². The summed E-state index contributed by atoms with van der Waals surface area (Å²) < 4.78 is 6.70. The third-order valence-corrected chi connectivity index (χ3v) is 8.73. The Kier molecular flexibility index (Phi) is 7.53. The molecule has 3 heterocycles. The molecule has 0 radical (unpaired) electrons. The van der Waals surface area contributed by atoms with Gasteiger partial charge in [0.2, 0.25) is 0 Å². The van der Waals surface area contributed by atoms with Gasteiger partial charge in [-0.25, -0.2) is 0 Å². The van der Waals surface area contributed by atoms with E-state index in [9.17, 15) is 0 Å². The molecule has 0 saturated heterocycles. The number of benzene rings is 3. The summed E-state index contributed by atoms with van der Waals surface area (Å²) in [5.41, 5.74) is 13.6. The molecule has 0 fully saturated rings. The van der Waals surface area contributed by atoms with Crippen molar-refractivity contribution >= 4 is 33.4 Å². The van der Waals surface area contributed by atoms with Crippen LogP contribution in [-0.2, 0) is 6.42 Å². The van der Waals surface area contributed by atoms with Crippen molar-refractivity contribution in [1.29, 1.82) is 0 Å². The van der Waals surface area contributed by atoms with E-state index in [1.54, 1.807) is 0 Å². The molecule has 3 aromatic carbocycles. The molecule has 2 atom stereocenters. The quantitative estimate of drug-likeness (QED) is 0.139. The summed E-state index contributed by atoms with van der Waals surface area (Å²) in [4.78, 5) is 14.3. The van der Waals surface area contributed by atoms with Crippen molar-refractivity contribution in [2.24, 2.45) is 9.98 Å². The highest BCUT2D eigenvalue weighted by atomic mass is 16.3. The maximum Gasteiger partial charge on any atom is 0.145 e. The maximum atomic E-state index is 6.70. The van der Waals surface area contributed by atoms with Crippen LogP contribution < -0.4 is 0 Å². The molecule has 43 heavy (non-hydrogen) atoms. The minimum Gasteiger partial charge on any atom is -0.455 e. The van der Waals surface area contributed by atoms with Crippen LogP contribution in [-0.4, -0.2) is 29.5 Å². The normalized spacial score (nSPS) is 16.7. The second-order valence-corrected chi connectivity index (χ2v) is 11.3. The number of hydrogen-bond acceptors (Lipinski definition) is 4. The zero-order valence-electron chi connectivity index (χ0n) is 25.4. The van der Waals surface area contributed by atoms with Gasteiger partial charge >= 0.3 is 0 Å². The van der Waals surface area contributed by atoms with Gasteiger partial charge in [-0.2, -0.15) is 0 Å². The number of fused-ring (bicyclic) bond motifs is 4. The number of aryl methyl sites for hydroxylation is 4. The molecule has 4 heteroatoms. The fourth-order valence-corrected chi connectivity index (χ4v) is 6.87. The fraction of sp³-hybridized carbons (Fsp3) is 0.205. The van der Waals surface area contributed by atoms with E-state index in [4.69, 9.17) is 14.4 Å². The van der Waals surface area contributed by atoms with Crippen molar-refractivity contribution < 1.29 is 4.42 Å². The Morgan fingerprint density at radius 1 is 0.977 bits per heavy atom. The number of furan rings is 1. The molecule has 2 unspecified atom stereocenters. The minimum absolute atomic E-state index is 0.0124. The van der Waals surface area contributed by atoms with Gasteiger partial charge in [-0.1, -0.05) is 61.7 Å². The van der Waals surface area contributed by atoms with Crippen molar-refractivity contribution in [3.8, 4) is 11.1 Å². The number of aliphatic imine (C=N–C) groups is 2. The highest BCUT2D eigenvalue weighted by molar-refractivity contribution is 6.20. The molecule has 0 amide bonds. The van der Waals surface area contributed by atoms with Crippen LogP contribution in [0.5, 0.6) is 0 Å². The van der Waals surface area contributed by atoms with E-state index < -0.39 is 0 Å². The van der Waals surface area contributed by atoms with E-state index in [2.05, 4.69) is 99.2 Å². The topological polar surface area (TPSA) is 50.8 Å². The minimum atomic E-state index is -0.0124. The van der Waals surface area contributed by atoms with Gasteiger partial charge in [0.15, 0.2) is 0 Å². The smallest absolute Gasteiger partial charge is 0.145 e. The molecule has 1 aliphatic heterocycles. The van der Waals surface area contributed by atoms with E-state index in [1.807, 2.05) is 32.2 Å². The molecular weight excluding hydrogens is 526 g/mol. The number of hydrogen-bond donors (Lipinski definition) is 0. The summed E-state index contributed by atoms with van der Waals surface area (Å²) in [5, 5.41) is 2.16. The van der Waals surface area contributed by atoms with E-state index >= 15 is 0 Å². The molecule has 6 rings (SSSR count). The predicted octanol–water partition coefficient (Wildman–Crippen LogP) is 9.44. The lowest BCUT2D eigenvalue weighted by Crippen LogP contribution is -2.24. The first-order valence-corrected chi connectivity index (χ1v) is 14.8. The van der Waals surface area contributed by atoms with Crippen molar-refractivity contribution in [3.63, 3.8) is 0 Å². The van der Waals surface area contributed by atoms with Crippen LogP contribution in [0.4, 0.5) is 0 Å². The summed E-state index contributed by atoms with van der Waals surface area (Å²) in [6.07, 6.45) is 7.36. The van der Waals surface area contributed by atoms with Gasteiger partial charge in [0.05, 0.1) is 17.5 Å². The molecule has 0 spiro atoms. The van der Waals surface area contributed by atoms with Crippen LogP contribution in [0.1, 0.15) is 51.5 Å². The average Bonchev–Trinajstić information content (AvgIpc) is 3.38. The molecule has 0 saturated carbocycles. The van der Waals surface area contributed by atoms with Crippen LogP contribution in [0, 0.1) is 20.8 Å². The van der Waals surface area contributed by atoms with Gasteiger partial charge in [-0.05, 0) is 86.2 Å². The third kappa shape index (κ3) is 4.87. The van der Waals surface area contributed by atoms with Gasteiger partial charge in [0, 0.05) is 51.8 Å². The molecule has 0 aliphatic carbocycles. The van der Waals surface area contributed by atoms with Crippen molar-refractivity contribution in [2.75, 3.05) is 7.05 Å². The van der Waals surface area contributed by atoms with E-state index in [1.165, 1.54) is 16.7 Å². The number of nitrogens with zero attached hydrogens (tertiary/aromatic N) is 3.